The first-order valence-electron chi connectivity index (χ1n) is 14.3. The van der Waals surface area contributed by atoms with E-state index >= 15 is 0 Å². The van der Waals surface area contributed by atoms with Gasteiger partial charge in [-0.05, 0) is 121 Å². The number of hydrogen-bond donors (Lipinski definition) is 0. The van der Waals surface area contributed by atoms with Crippen molar-refractivity contribution in [1.29, 1.82) is 0 Å². The number of aryl methyl sites for hydroxylation is 1. The summed E-state index contributed by atoms with van der Waals surface area (Å²) in [4.78, 5) is 0. The van der Waals surface area contributed by atoms with Crippen LogP contribution in [0.15, 0.2) is 127 Å². The summed E-state index contributed by atoms with van der Waals surface area (Å²) in [6, 6.07) is 47.4. The quantitative estimate of drug-likeness (QED) is 0.176. The van der Waals surface area contributed by atoms with Gasteiger partial charge in [0, 0.05) is 0 Å². The molecule has 0 aliphatic heterocycles. The lowest BCUT2D eigenvalue weighted by atomic mass is 9.83. The maximum Gasteiger partial charge on any atom is -0.00703 e. The molecule has 0 heterocycles. The van der Waals surface area contributed by atoms with Crippen LogP contribution in [0.25, 0.3) is 33.0 Å². The van der Waals surface area contributed by atoms with Crippen molar-refractivity contribution in [1.82, 2.24) is 0 Å². The third-order valence-corrected chi connectivity index (χ3v) is 15.6. The highest BCUT2D eigenvalue weighted by Gasteiger charge is 2.23. The molecule has 0 nitrogen and oxygen atoms in total. The maximum atomic E-state index is 2.45. The van der Waals surface area contributed by atoms with Gasteiger partial charge < -0.3 is 0 Å². The summed E-state index contributed by atoms with van der Waals surface area (Å²) in [6.45, 7) is 11.5. The molecule has 2 unspecified atom stereocenters. The molecule has 0 fully saturated rings. The fourth-order valence-electron chi connectivity index (χ4n) is 6.03. The molecule has 6 aromatic rings. The number of rotatable bonds is 6. The van der Waals surface area contributed by atoms with Crippen LogP contribution in [0.3, 0.4) is 0 Å². The summed E-state index contributed by atoms with van der Waals surface area (Å²) < 4.78 is 0. The van der Waals surface area contributed by atoms with Gasteiger partial charge in [0.15, 0.2) is 0 Å². The molecule has 41 heavy (non-hydrogen) atoms. The second-order valence-corrected chi connectivity index (χ2v) is 17.1. The maximum absolute atomic E-state index is 2.45. The van der Waals surface area contributed by atoms with Crippen LogP contribution in [-0.4, -0.2) is 6.66 Å². The molecule has 6 rings (SSSR count). The topological polar surface area (TPSA) is 0 Å². The van der Waals surface area contributed by atoms with Crippen LogP contribution in [-0.2, 0) is 0 Å². The monoisotopic (exact) mass is 566 g/mol. The molecule has 2 heteroatoms. The fraction of sp³-hybridized carbons (Fsp3) is 0.128. The van der Waals surface area contributed by atoms with Crippen LogP contribution >= 0.6 is 15.2 Å². The minimum Gasteiger partial charge on any atom is -0.0622 e. The SMILES string of the molecule is Cc1cccc(-c2c(C)c(C)c(-c3ccc(P(c4ccccc4)P(C)c4ccccc4)cc3)c3ccccc23)c1C. The Morgan fingerprint density at radius 2 is 0.927 bits per heavy atom. The van der Waals surface area contributed by atoms with Crippen molar-refractivity contribution in [3.63, 3.8) is 0 Å². The van der Waals surface area contributed by atoms with Crippen molar-refractivity contribution >= 4 is 41.9 Å². The zero-order valence-corrected chi connectivity index (χ0v) is 26.3. The molecule has 0 bridgehead atoms. The highest BCUT2D eigenvalue weighted by atomic mass is 32.1. The average Bonchev–Trinajstić information content (AvgIpc) is 3.01. The lowest BCUT2D eigenvalue weighted by Crippen LogP contribution is -2.14. The zero-order chi connectivity index (χ0) is 28.5. The average molecular weight is 567 g/mol. The Labute approximate surface area is 247 Å². The summed E-state index contributed by atoms with van der Waals surface area (Å²) in [5.41, 5.74) is 10.8. The summed E-state index contributed by atoms with van der Waals surface area (Å²) in [6.07, 6.45) is 0. The normalized spacial score (nSPS) is 12.8. The first-order chi connectivity index (χ1) is 20.0. The Balaban J connectivity index is 1.49. The van der Waals surface area contributed by atoms with E-state index in [1.807, 2.05) is 0 Å². The molecule has 0 saturated carbocycles. The van der Waals surface area contributed by atoms with Crippen molar-refractivity contribution < 1.29 is 0 Å². The molecule has 0 aliphatic rings. The zero-order valence-electron chi connectivity index (χ0n) is 24.5. The van der Waals surface area contributed by atoms with Gasteiger partial charge in [-0.2, -0.15) is 0 Å². The van der Waals surface area contributed by atoms with Crippen molar-refractivity contribution in [2.75, 3.05) is 6.66 Å². The van der Waals surface area contributed by atoms with Crippen LogP contribution in [0.4, 0.5) is 0 Å². The molecule has 0 amide bonds. The minimum absolute atomic E-state index is 0.366. The molecule has 0 spiro atoms. The highest BCUT2D eigenvalue weighted by molar-refractivity contribution is 8.38. The van der Waals surface area contributed by atoms with Gasteiger partial charge in [-0.15, -0.1) is 0 Å². The molecule has 0 radical (unpaired) electrons. The molecular weight excluding hydrogens is 530 g/mol. The molecule has 0 saturated heterocycles. The highest BCUT2D eigenvalue weighted by Crippen LogP contribution is 2.64. The van der Waals surface area contributed by atoms with Crippen LogP contribution in [0.5, 0.6) is 0 Å². The van der Waals surface area contributed by atoms with E-state index in [0.29, 0.717) is 0 Å². The second kappa shape index (κ2) is 11.7. The third-order valence-electron chi connectivity index (χ3n) is 8.48. The van der Waals surface area contributed by atoms with E-state index in [-0.39, 0.29) is 7.61 Å². The summed E-state index contributed by atoms with van der Waals surface area (Å²) in [5, 5.41) is 7.00. The minimum atomic E-state index is -0.496. The predicted octanol–water partition coefficient (Wildman–Crippen LogP) is 10.2. The molecule has 202 valence electrons. The van der Waals surface area contributed by atoms with Gasteiger partial charge in [0.05, 0.1) is 0 Å². The van der Waals surface area contributed by atoms with E-state index in [9.17, 15) is 0 Å². The van der Waals surface area contributed by atoms with Crippen LogP contribution in [0.2, 0.25) is 0 Å². The van der Waals surface area contributed by atoms with Gasteiger partial charge >= 0.3 is 0 Å². The van der Waals surface area contributed by atoms with Crippen molar-refractivity contribution in [3.05, 3.63) is 150 Å². The van der Waals surface area contributed by atoms with Gasteiger partial charge in [-0.25, -0.2) is 0 Å². The number of fused-ring (bicyclic) bond motifs is 1. The van der Waals surface area contributed by atoms with E-state index in [2.05, 4.69) is 162 Å². The number of benzene rings is 6. The molecule has 0 N–H and O–H groups in total. The van der Waals surface area contributed by atoms with Crippen LogP contribution in [0, 0.1) is 27.7 Å². The molecule has 0 aromatic heterocycles. The Bertz CT molecular complexity index is 1820. The third kappa shape index (κ3) is 5.17. The van der Waals surface area contributed by atoms with Crippen LogP contribution < -0.4 is 15.9 Å². The standard InChI is InChI=1S/C39H36P2/c1-27-15-14-22-35(28(27)2)39-30(4)29(3)38(36-20-12-13-21-37(36)39)31-23-25-34(26-24-31)41(33-18-10-7-11-19-33)40(5)32-16-8-6-9-17-32/h6-26H,1-5H3. The lowest BCUT2D eigenvalue weighted by molar-refractivity contribution is 1.31. The predicted molar refractivity (Wildman–Crippen MR) is 185 cm³/mol. The summed E-state index contributed by atoms with van der Waals surface area (Å²) in [7, 11) is -0.862. The fourth-order valence-corrected chi connectivity index (χ4v) is 12.7. The van der Waals surface area contributed by atoms with Crippen molar-refractivity contribution in [3.8, 4) is 22.3 Å². The van der Waals surface area contributed by atoms with Crippen LogP contribution in [0.1, 0.15) is 22.3 Å². The molecule has 2 atom stereocenters. The Morgan fingerprint density at radius 3 is 1.56 bits per heavy atom. The van der Waals surface area contributed by atoms with Gasteiger partial charge in [-0.1, -0.05) is 127 Å². The van der Waals surface area contributed by atoms with Crippen molar-refractivity contribution in [2.45, 2.75) is 27.7 Å². The van der Waals surface area contributed by atoms with E-state index in [0.717, 1.165) is 0 Å². The van der Waals surface area contributed by atoms with E-state index in [1.165, 1.54) is 71.2 Å². The molecule has 6 aromatic carbocycles. The first kappa shape index (κ1) is 27.6. The van der Waals surface area contributed by atoms with E-state index < -0.39 is 7.61 Å². The summed E-state index contributed by atoms with van der Waals surface area (Å²) in [5.74, 6) is 0. The van der Waals surface area contributed by atoms with E-state index in [4.69, 9.17) is 0 Å². The molecular formula is C39H36P2. The Hall–Kier alpha value is -3.56. The molecule has 0 aliphatic carbocycles. The van der Waals surface area contributed by atoms with Gasteiger partial charge in [0.25, 0.3) is 0 Å². The summed E-state index contributed by atoms with van der Waals surface area (Å²) >= 11 is 0. The lowest BCUT2D eigenvalue weighted by Gasteiger charge is -2.27. The number of hydrogen-bond acceptors (Lipinski definition) is 0. The van der Waals surface area contributed by atoms with Gasteiger partial charge in [-0.3, -0.25) is 0 Å². The largest absolute Gasteiger partial charge is 0.0622 e. The van der Waals surface area contributed by atoms with Crippen molar-refractivity contribution in [2.24, 2.45) is 0 Å². The van der Waals surface area contributed by atoms with E-state index in [1.54, 1.807) is 0 Å². The second-order valence-electron chi connectivity index (χ2n) is 10.8. The Morgan fingerprint density at radius 1 is 0.415 bits per heavy atom. The smallest absolute Gasteiger partial charge is 0.00703 e. The Kier molecular flexibility index (Phi) is 7.90. The first-order valence-corrected chi connectivity index (χ1v) is 18.1. The van der Waals surface area contributed by atoms with Gasteiger partial charge in [0.1, 0.15) is 0 Å². The van der Waals surface area contributed by atoms with Gasteiger partial charge in [0.2, 0.25) is 0 Å².